The zero-order valence-corrected chi connectivity index (χ0v) is 17.2. The molecule has 0 aliphatic heterocycles. The van der Waals surface area contributed by atoms with E-state index in [-0.39, 0.29) is 12.2 Å². The van der Waals surface area contributed by atoms with E-state index in [9.17, 15) is 9.59 Å². The number of allylic oxidation sites excluding steroid dienone is 2. The number of hydrogen-bond acceptors (Lipinski definition) is 2. The Balaban J connectivity index is 2.03. The molecule has 0 unspecified atom stereocenters. The molecule has 1 heterocycles. The molecular formula is C24H33NO3. The van der Waals surface area contributed by atoms with E-state index in [2.05, 4.69) is 13.0 Å². The summed E-state index contributed by atoms with van der Waals surface area (Å²) in [5.74, 6) is -0.722. The van der Waals surface area contributed by atoms with E-state index < -0.39 is 5.97 Å². The van der Waals surface area contributed by atoms with E-state index in [1.54, 1.807) is 0 Å². The molecule has 0 radical (unpaired) electrons. The van der Waals surface area contributed by atoms with Gasteiger partial charge in [-0.1, -0.05) is 63.3 Å². The Morgan fingerprint density at radius 3 is 2.50 bits per heavy atom. The van der Waals surface area contributed by atoms with Crippen molar-refractivity contribution in [2.24, 2.45) is 0 Å². The number of carboxylic acids is 1. The first kappa shape index (κ1) is 21.9. The van der Waals surface area contributed by atoms with Gasteiger partial charge in [0.2, 0.25) is 0 Å². The molecule has 0 amide bonds. The summed E-state index contributed by atoms with van der Waals surface area (Å²) < 4.78 is 2.01. The maximum atomic E-state index is 13.0. The average molecular weight is 384 g/mol. The van der Waals surface area contributed by atoms with E-state index in [0.717, 1.165) is 29.3 Å². The van der Waals surface area contributed by atoms with Gasteiger partial charge >= 0.3 is 5.97 Å². The van der Waals surface area contributed by atoms with Crippen LogP contribution in [0, 0.1) is 0 Å². The standard InChI is InChI=1S/C24H33NO3/c1-3-4-5-6-7-8-9-13-19(2)24(28)21-18-25(17-12-16-23(26)27)22-15-11-10-14-20(21)22/h10-11,13-15,18H,3-9,12,16-17H2,1-2H3,(H,26,27). The SMILES string of the molecule is CCCCCCCCC=C(C)C(=O)c1cn(CCCC(=O)O)c2ccccc12. The first-order valence-corrected chi connectivity index (χ1v) is 10.6. The van der Waals surface area contributed by atoms with Crippen molar-refractivity contribution in [3.8, 4) is 0 Å². The van der Waals surface area contributed by atoms with Gasteiger partial charge < -0.3 is 9.67 Å². The third kappa shape index (κ3) is 6.36. The zero-order chi connectivity index (χ0) is 20.4. The number of aryl methyl sites for hydroxylation is 1. The smallest absolute Gasteiger partial charge is 0.303 e. The maximum Gasteiger partial charge on any atom is 0.303 e. The van der Waals surface area contributed by atoms with Gasteiger partial charge in [-0.15, -0.1) is 0 Å². The summed E-state index contributed by atoms with van der Waals surface area (Å²) in [6.45, 7) is 4.72. The second-order valence-corrected chi connectivity index (χ2v) is 7.52. The summed E-state index contributed by atoms with van der Waals surface area (Å²) in [6.07, 6.45) is 13.1. The van der Waals surface area contributed by atoms with E-state index in [4.69, 9.17) is 5.11 Å². The van der Waals surface area contributed by atoms with Gasteiger partial charge in [0.1, 0.15) is 0 Å². The number of benzene rings is 1. The highest BCUT2D eigenvalue weighted by Crippen LogP contribution is 2.24. The van der Waals surface area contributed by atoms with Crippen LogP contribution in [-0.2, 0) is 11.3 Å². The summed E-state index contributed by atoms with van der Waals surface area (Å²) in [5, 5.41) is 9.80. The predicted molar refractivity (Wildman–Crippen MR) is 115 cm³/mol. The fraction of sp³-hybridized carbons (Fsp3) is 0.500. The molecular weight excluding hydrogens is 350 g/mol. The van der Waals surface area contributed by atoms with Crippen LogP contribution in [0.2, 0.25) is 0 Å². The molecule has 2 aromatic rings. The van der Waals surface area contributed by atoms with Gasteiger partial charge in [0.25, 0.3) is 0 Å². The van der Waals surface area contributed by atoms with Crippen LogP contribution in [0.3, 0.4) is 0 Å². The number of aromatic nitrogens is 1. The summed E-state index contributed by atoms with van der Waals surface area (Å²) in [5.41, 5.74) is 2.49. The first-order chi connectivity index (χ1) is 13.5. The number of fused-ring (bicyclic) bond motifs is 1. The van der Waals surface area contributed by atoms with Gasteiger partial charge in [-0.25, -0.2) is 0 Å². The lowest BCUT2D eigenvalue weighted by atomic mass is 10.0. The monoisotopic (exact) mass is 383 g/mol. The second kappa shape index (κ2) is 11.5. The minimum absolute atomic E-state index is 0.0687. The minimum atomic E-state index is -0.791. The molecule has 2 rings (SSSR count). The number of hydrogen-bond donors (Lipinski definition) is 1. The number of rotatable bonds is 13. The van der Waals surface area contributed by atoms with Crippen LogP contribution >= 0.6 is 0 Å². The van der Waals surface area contributed by atoms with Crippen molar-refractivity contribution in [3.05, 3.63) is 47.7 Å². The number of Topliss-reactive ketones (excluding diaryl/α,β-unsaturated/α-hetero) is 1. The van der Waals surface area contributed by atoms with Gasteiger partial charge in [-0.2, -0.15) is 0 Å². The number of carboxylic acid groups (broad SMARTS) is 1. The van der Waals surface area contributed by atoms with Crippen molar-refractivity contribution in [1.29, 1.82) is 0 Å². The molecule has 1 aromatic carbocycles. The van der Waals surface area contributed by atoms with E-state index in [0.29, 0.717) is 18.5 Å². The number of aliphatic carboxylic acids is 1. The van der Waals surface area contributed by atoms with Crippen LogP contribution in [0.4, 0.5) is 0 Å². The summed E-state index contributed by atoms with van der Waals surface area (Å²) >= 11 is 0. The molecule has 28 heavy (non-hydrogen) atoms. The number of carbonyl (C=O) groups is 2. The third-order valence-electron chi connectivity index (χ3n) is 5.19. The number of carbonyl (C=O) groups excluding carboxylic acids is 1. The number of nitrogens with zero attached hydrogens (tertiary/aromatic N) is 1. The first-order valence-electron chi connectivity index (χ1n) is 10.6. The van der Waals surface area contributed by atoms with Crippen molar-refractivity contribution in [3.63, 3.8) is 0 Å². The Morgan fingerprint density at radius 2 is 1.75 bits per heavy atom. The Morgan fingerprint density at radius 1 is 1.04 bits per heavy atom. The van der Waals surface area contributed by atoms with Crippen LogP contribution in [0.1, 0.15) is 82.0 Å². The fourth-order valence-electron chi connectivity index (χ4n) is 3.56. The van der Waals surface area contributed by atoms with Gasteiger partial charge in [-0.3, -0.25) is 9.59 Å². The van der Waals surface area contributed by atoms with Crippen LogP contribution < -0.4 is 0 Å². The highest BCUT2D eigenvalue weighted by atomic mass is 16.4. The van der Waals surface area contributed by atoms with Crippen LogP contribution in [0.15, 0.2) is 42.1 Å². The molecule has 0 aliphatic carbocycles. The van der Waals surface area contributed by atoms with Crippen molar-refractivity contribution in [2.75, 3.05) is 0 Å². The Bertz CT molecular complexity index is 816. The fourth-order valence-corrected chi connectivity index (χ4v) is 3.56. The third-order valence-corrected chi connectivity index (χ3v) is 5.19. The van der Waals surface area contributed by atoms with Crippen LogP contribution in [0.25, 0.3) is 10.9 Å². The number of para-hydroxylation sites is 1. The summed E-state index contributed by atoms with van der Waals surface area (Å²) in [6, 6.07) is 7.85. The molecule has 1 N–H and O–H groups in total. The lowest BCUT2D eigenvalue weighted by Gasteiger charge is -2.03. The van der Waals surface area contributed by atoms with E-state index in [1.165, 1.54) is 32.1 Å². The lowest BCUT2D eigenvalue weighted by Crippen LogP contribution is -2.02. The van der Waals surface area contributed by atoms with Crippen LogP contribution in [-0.4, -0.2) is 21.4 Å². The molecule has 0 aliphatic rings. The molecule has 0 bridgehead atoms. The number of ketones is 1. The molecule has 4 heteroatoms. The summed E-state index contributed by atoms with van der Waals surface area (Å²) in [7, 11) is 0. The van der Waals surface area contributed by atoms with E-state index in [1.807, 2.05) is 42.0 Å². The quantitative estimate of drug-likeness (QED) is 0.248. The molecule has 0 atom stereocenters. The van der Waals surface area contributed by atoms with Crippen molar-refractivity contribution >= 4 is 22.7 Å². The zero-order valence-electron chi connectivity index (χ0n) is 17.2. The highest BCUT2D eigenvalue weighted by molar-refractivity contribution is 6.16. The van der Waals surface area contributed by atoms with Gasteiger partial charge in [0, 0.05) is 35.6 Å². The van der Waals surface area contributed by atoms with Crippen molar-refractivity contribution in [2.45, 2.75) is 78.2 Å². The molecule has 0 saturated carbocycles. The molecule has 1 aromatic heterocycles. The topological polar surface area (TPSA) is 59.3 Å². The maximum absolute atomic E-state index is 13.0. The normalized spacial score (nSPS) is 11.9. The highest BCUT2D eigenvalue weighted by Gasteiger charge is 2.16. The molecule has 0 fully saturated rings. The molecule has 0 saturated heterocycles. The molecule has 4 nitrogen and oxygen atoms in total. The largest absolute Gasteiger partial charge is 0.481 e. The van der Waals surface area contributed by atoms with E-state index >= 15 is 0 Å². The molecule has 0 spiro atoms. The van der Waals surface area contributed by atoms with Gasteiger partial charge in [0.05, 0.1) is 0 Å². The Hall–Kier alpha value is -2.36. The van der Waals surface area contributed by atoms with Crippen molar-refractivity contribution < 1.29 is 14.7 Å². The minimum Gasteiger partial charge on any atom is -0.481 e. The lowest BCUT2D eigenvalue weighted by molar-refractivity contribution is -0.137. The second-order valence-electron chi connectivity index (χ2n) is 7.52. The number of unbranched alkanes of at least 4 members (excludes halogenated alkanes) is 6. The molecule has 152 valence electrons. The van der Waals surface area contributed by atoms with Gasteiger partial charge in [0.15, 0.2) is 5.78 Å². The summed E-state index contributed by atoms with van der Waals surface area (Å²) in [4.78, 5) is 23.8. The Kier molecular flexibility index (Phi) is 8.99. The predicted octanol–water partition coefficient (Wildman–Crippen LogP) is 6.39. The van der Waals surface area contributed by atoms with Gasteiger partial charge in [-0.05, 0) is 37.8 Å². The van der Waals surface area contributed by atoms with Crippen LogP contribution in [0.5, 0.6) is 0 Å². The Labute approximate surface area is 168 Å². The average Bonchev–Trinajstić information content (AvgIpc) is 3.05. The van der Waals surface area contributed by atoms with Crippen molar-refractivity contribution in [1.82, 2.24) is 4.57 Å².